The van der Waals surface area contributed by atoms with E-state index in [0.717, 1.165) is 50.8 Å². The average Bonchev–Trinajstić information content (AvgIpc) is 3.31. The summed E-state index contributed by atoms with van der Waals surface area (Å²) in [7, 11) is -3.90. The number of hydrogen-bond donors (Lipinski definition) is 1. The monoisotopic (exact) mass is 444 g/mol. The summed E-state index contributed by atoms with van der Waals surface area (Å²) in [5.41, 5.74) is 1.54. The molecule has 7 nitrogen and oxygen atoms in total. The van der Waals surface area contributed by atoms with Crippen LogP contribution in [0, 0.1) is 6.92 Å². The number of aryl methyl sites for hydroxylation is 1. The number of benzene rings is 2. The largest absolute Gasteiger partial charge is 0.478 e. The molecule has 2 aromatic rings. The molecule has 2 fully saturated rings. The minimum Gasteiger partial charge on any atom is -0.478 e. The molecule has 1 N–H and O–H groups in total. The van der Waals surface area contributed by atoms with Crippen LogP contribution in [-0.2, 0) is 10.0 Å². The molecule has 0 unspecified atom stereocenters. The second-order valence-electron chi connectivity index (χ2n) is 8.20. The highest BCUT2D eigenvalue weighted by molar-refractivity contribution is 7.89. The molecule has 0 aromatic heterocycles. The lowest BCUT2D eigenvalue weighted by Crippen LogP contribution is -2.32. The lowest BCUT2D eigenvalue weighted by molar-refractivity contribution is 0.0696. The number of piperidine rings is 1. The van der Waals surface area contributed by atoms with Gasteiger partial charge in [-0.05, 0) is 63.3 Å². The highest BCUT2D eigenvalue weighted by Crippen LogP contribution is 2.42. The van der Waals surface area contributed by atoms with Gasteiger partial charge in [0.25, 0.3) is 0 Å². The van der Waals surface area contributed by atoms with Gasteiger partial charge in [-0.1, -0.05) is 17.7 Å². The maximum absolute atomic E-state index is 13.5. The molecule has 0 saturated carbocycles. The molecule has 0 spiro atoms. The lowest BCUT2D eigenvalue weighted by atomic mass is 10.1. The number of carboxylic acids is 1. The normalized spacial score (nSPS) is 17.6. The molecule has 0 atom stereocenters. The van der Waals surface area contributed by atoms with Crippen molar-refractivity contribution in [2.45, 2.75) is 43.9 Å². The fourth-order valence-corrected chi connectivity index (χ4v) is 5.84. The van der Waals surface area contributed by atoms with Crippen LogP contribution >= 0.6 is 0 Å². The first-order chi connectivity index (χ1) is 14.9. The second kappa shape index (κ2) is 8.88. The number of carboxylic acid groups (broad SMARTS) is 1. The van der Waals surface area contributed by atoms with Crippen molar-refractivity contribution in [1.82, 2.24) is 4.31 Å². The van der Waals surface area contributed by atoms with Crippen molar-refractivity contribution < 1.29 is 23.1 Å². The van der Waals surface area contributed by atoms with Crippen molar-refractivity contribution in [3.8, 4) is 11.5 Å². The molecular formula is C23H28N2O5S. The molecule has 2 aliphatic heterocycles. The Hall–Kier alpha value is -2.58. The van der Waals surface area contributed by atoms with Gasteiger partial charge in [-0.25, -0.2) is 13.2 Å². The summed E-state index contributed by atoms with van der Waals surface area (Å²) in [5, 5.41) is 9.71. The number of anilines is 1. The van der Waals surface area contributed by atoms with Crippen LogP contribution in [0.25, 0.3) is 0 Å². The number of ether oxygens (including phenoxy) is 1. The minimum absolute atomic E-state index is 0.0467. The molecule has 0 radical (unpaired) electrons. The standard InChI is InChI=1S/C23H28N2O5S/c1-17-7-9-19(10-8-17)30-22-20(24-11-3-2-4-12-24)15-18(23(26)27)16-21(22)31(28,29)25-13-5-6-14-25/h7-10,15-16H,2-6,11-14H2,1H3,(H,26,27). The van der Waals surface area contributed by atoms with Crippen molar-refractivity contribution >= 4 is 21.7 Å². The van der Waals surface area contributed by atoms with E-state index in [2.05, 4.69) is 0 Å². The molecule has 166 valence electrons. The third-order valence-corrected chi connectivity index (χ3v) is 7.81. The van der Waals surface area contributed by atoms with Gasteiger partial charge in [0.2, 0.25) is 10.0 Å². The van der Waals surface area contributed by atoms with Crippen molar-refractivity contribution in [2.75, 3.05) is 31.1 Å². The van der Waals surface area contributed by atoms with Gasteiger partial charge < -0.3 is 14.7 Å². The molecule has 2 aromatic carbocycles. The van der Waals surface area contributed by atoms with Crippen LogP contribution in [0.5, 0.6) is 11.5 Å². The van der Waals surface area contributed by atoms with Gasteiger partial charge in [-0.2, -0.15) is 4.31 Å². The zero-order valence-electron chi connectivity index (χ0n) is 17.7. The predicted octanol–water partition coefficient (Wildman–Crippen LogP) is 4.26. The van der Waals surface area contributed by atoms with Crippen molar-refractivity contribution in [3.63, 3.8) is 0 Å². The summed E-state index contributed by atoms with van der Waals surface area (Å²) >= 11 is 0. The Morgan fingerprint density at radius 3 is 2.16 bits per heavy atom. The quantitative estimate of drug-likeness (QED) is 0.716. The fourth-order valence-electron chi connectivity index (χ4n) is 4.17. The molecule has 2 aliphatic rings. The third kappa shape index (κ3) is 4.55. The lowest BCUT2D eigenvalue weighted by Gasteiger charge is -2.31. The smallest absolute Gasteiger partial charge is 0.335 e. The molecule has 2 heterocycles. The van der Waals surface area contributed by atoms with Crippen LogP contribution in [0.1, 0.15) is 48.0 Å². The van der Waals surface area contributed by atoms with Gasteiger partial charge >= 0.3 is 5.97 Å². The summed E-state index contributed by atoms with van der Waals surface area (Å²) in [6.45, 7) is 4.30. The predicted molar refractivity (Wildman–Crippen MR) is 119 cm³/mol. The van der Waals surface area contributed by atoms with E-state index in [-0.39, 0.29) is 16.2 Å². The summed E-state index contributed by atoms with van der Waals surface area (Å²) in [6.07, 6.45) is 4.63. The van der Waals surface area contributed by atoms with Gasteiger partial charge in [0.15, 0.2) is 5.75 Å². The first-order valence-corrected chi connectivity index (χ1v) is 12.2. The molecule has 31 heavy (non-hydrogen) atoms. The number of sulfonamides is 1. The van der Waals surface area contributed by atoms with Crippen LogP contribution < -0.4 is 9.64 Å². The number of carbonyl (C=O) groups is 1. The molecule has 0 amide bonds. The topological polar surface area (TPSA) is 87.1 Å². The molecule has 0 bridgehead atoms. The number of aromatic carboxylic acids is 1. The van der Waals surface area contributed by atoms with E-state index >= 15 is 0 Å². The Balaban J connectivity index is 1.90. The van der Waals surface area contributed by atoms with E-state index in [0.29, 0.717) is 24.5 Å². The maximum atomic E-state index is 13.5. The summed E-state index contributed by atoms with van der Waals surface area (Å²) < 4.78 is 34.7. The Bertz CT molecular complexity index is 1050. The summed E-state index contributed by atoms with van der Waals surface area (Å²) in [4.78, 5) is 13.8. The van der Waals surface area contributed by atoms with Crippen LogP contribution in [0.2, 0.25) is 0 Å². The zero-order valence-corrected chi connectivity index (χ0v) is 18.5. The maximum Gasteiger partial charge on any atom is 0.335 e. The Kier molecular flexibility index (Phi) is 6.20. The Morgan fingerprint density at radius 2 is 1.55 bits per heavy atom. The van der Waals surface area contributed by atoms with Crippen molar-refractivity contribution in [1.29, 1.82) is 0 Å². The van der Waals surface area contributed by atoms with Crippen molar-refractivity contribution in [2.24, 2.45) is 0 Å². The van der Waals surface area contributed by atoms with Gasteiger partial charge in [0.1, 0.15) is 10.6 Å². The number of hydrogen-bond acceptors (Lipinski definition) is 5. The Labute approximate surface area is 183 Å². The number of rotatable bonds is 6. The van der Waals surface area contributed by atoms with Crippen LogP contribution in [-0.4, -0.2) is 50.0 Å². The molecule has 0 aliphatic carbocycles. The van der Waals surface area contributed by atoms with E-state index in [1.54, 1.807) is 18.2 Å². The van der Waals surface area contributed by atoms with E-state index < -0.39 is 16.0 Å². The van der Waals surface area contributed by atoms with Crippen LogP contribution in [0.3, 0.4) is 0 Å². The Morgan fingerprint density at radius 1 is 0.935 bits per heavy atom. The molecule has 8 heteroatoms. The van der Waals surface area contributed by atoms with Gasteiger partial charge in [0.05, 0.1) is 11.3 Å². The highest BCUT2D eigenvalue weighted by atomic mass is 32.2. The van der Waals surface area contributed by atoms with E-state index in [1.807, 2.05) is 24.0 Å². The SMILES string of the molecule is Cc1ccc(Oc2c(N3CCCCC3)cc(C(=O)O)cc2S(=O)(=O)N2CCCC2)cc1. The van der Waals surface area contributed by atoms with E-state index in [1.165, 1.54) is 10.4 Å². The van der Waals surface area contributed by atoms with E-state index in [4.69, 9.17) is 4.74 Å². The first kappa shape index (κ1) is 21.6. The van der Waals surface area contributed by atoms with Crippen LogP contribution in [0.15, 0.2) is 41.3 Å². The average molecular weight is 445 g/mol. The summed E-state index contributed by atoms with van der Waals surface area (Å²) in [5.74, 6) is -0.425. The zero-order chi connectivity index (χ0) is 22.0. The third-order valence-electron chi connectivity index (χ3n) is 5.90. The fraction of sp³-hybridized carbons (Fsp3) is 0.435. The first-order valence-electron chi connectivity index (χ1n) is 10.8. The van der Waals surface area contributed by atoms with Gasteiger partial charge in [-0.3, -0.25) is 0 Å². The van der Waals surface area contributed by atoms with Gasteiger partial charge in [0, 0.05) is 26.2 Å². The number of nitrogens with zero attached hydrogens (tertiary/aromatic N) is 2. The minimum atomic E-state index is -3.90. The molecule has 4 rings (SSSR count). The van der Waals surface area contributed by atoms with Gasteiger partial charge in [-0.15, -0.1) is 0 Å². The molecule has 2 saturated heterocycles. The van der Waals surface area contributed by atoms with E-state index in [9.17, 15) is 18.3 Å². The van der Waals surface area contributed by atoms with Crippen molar-refractivity contribution in [3.05, 3.63) is 47.5 Å². The molecular weight excluding hydrogens is 416 g/mol. The second-order valence-corrected chi connectivity index (χ2v) is 10.1. The highest BCUT2D eigenvalue weighted by Gasteiger charge is 2.34. The summed E-state index contributed by atoms with van der Waals surface area (Å²) in [6, 6.07) is 10.2. The van der Waals surface area contributed by atoms with Crippen LogP contribution in [0.4, 0.5) is 5.69 Å².